The lowest BCUT2D eigenvalue weighted by Crippen LogP contribution is -2.55. The molecule has 0 bridgehead atoms. The molecule has 0 fully saturated rings. The maximum absolute atomic E-state index is 11.3. The van der Waals surface area contributed by atoms with E-state index in [1.165, 1.54) is 12.8 Å². The number of unbranched alkanes of at least 4 members (excludes halogenated alkanes) is 3. The predicted molar refractivity (Wildman–Crippen MR) is 102 cm³/mol. The fraction of sp³-hybridized carbons (Fsp3) is 0.750. The summed E-state index contributed by atoms with van der Waals surface area (Å²) < 4.78 is 42.5. The number of ether oxygens (including phenoxy) is 1. The molecule has 2 rings (SSSR count). The van der Waals surface area contributed by atoms with E-state index in [9.17, 15) is 8.42 Å². The molecular formula is C16H29N4O4S2+. The molecule has 26 heavy (non-hydrogen) atoms. The van der Waals surface area contributed by atoms with Gasteiger partial charge < -0.3 is 4.74 Å². The van der Waals surface area contributed by atoms with Crippen LogP contribution in [0.1, 0.15) is 51.6 Å². The van der Waals surface area contributed by atoms with Gasteiger partial charge in [0.25, 0.3) is 5.88 Å². The maximum Gasteiger partial charge on any atom is 0.338 e. The van der Waals surface area contributed by atoms with Gasteiger partial charge in [0.1, 0.15) is 12.2 Å². The molecule has 0 aliphatic carbocycles. The van der Waals surface area contributed by atoms with Gasteiger partial charge in [0.15, 0.2) is 0 Å². The Balaban J connectivity index is 2.03. The van der Waals surface area contributed by atoms with E-state index in [0.29, 0.717) is 23.5 Å². The number of hydrogen-bond donors (Lipinski definition) is 1. The molecule has 2 atom stereocenters. The Hall–Kier alpha value is -1.07. The molecule has 10 heteroatoms. The summed E-state index contributed by atoms with van der Waals surface area (Å²) >= 11 is 1.13. The van der Waals surface area contributed by atoms with Gasteiger partial charge in [-0.15, -0.1) is 4.37 Å². The first kappa shape index (κ1) is 21.2. The second-order valence-electron chi connectivity index (χ2n) is 6.89. The van der Waals surface area contributed by atoms with Crippen LogP contribution in [-0.2, 0) is 14.5 Å². The number of hydrogen-bond acceptors (Lipinski definition) is 7. The van der Waals surface area contributed by atoms with E-state index in [2.05, 4.69) is 21.7 Å². The molecule has 1 aromatic rings. The SMILES string of the molecule is CCCCCCOc1nsnc1C1=CCC[N+](C)([C@@H](C)OS(N)(=O)=O)C1. The predicted octanol–water partition coefficient (Wildman–Crippen LogP) is 2.30. The number of rotatable bonds is 10. The van der Waals surface area contributed by atoms with Crippen molar-refractivity contribution in [2.75, 3.05) is 26.7 Å². The van der Waals surface area contributed by atoms with E-state index in [4.69, 9.17) is 14.1 Å². The highest BCUT2D eigenvalue weighted by atomic mass is 32.2. The highest BCUT2D eigenvalue weighted by Gasteiger charge is 2.37. The number of likely N-dealkylation sites (N-methyl/N-ethyl adjacent to an activating group) is 1. The lowest BCUT2D eigenvalue weighted by atomic mass is 10.0. The van der Waals surface area contributed by atoms with Crippen LogP contribution in [0.2, 0.25) is 0 Å². The minimum Gasteiger partial charge on any atom is -0.475 e. The van der Waals surface area contributed by atoms with Crippen LogP contribution in [0.15, 0.2) is 6.08 Å². The summed E-state index contributed by atoms with van der Waals surface area (Å²) in [4.78, 5) is 0. The smallest absolute Gasteiger partial charge is 0.338 e. The highest BCUT2D eigenvalue weighted by molar-refractivity contribution is 7.84. The van der Waals surface area contributed by atoms with Crippen LogP contribution in [0.3, 0.4) is 0 Å². The average molecular weight is 406 g/mol. The number of nitrogens with zero attached hydrogens (tertiary/aromatic N) is 3. The molecule has 1 aliphatic rings. The van der Waals surface area contributed by atoms with E-state index in [1.54, 1.807) is 6.92 Å². The third-order valence-electron chi connectivity index (χ3n) is 4.71. The molecule has 0 amide bonds. The van der Waals surface area contributed by atoms with Gasteiger partial charge in [0.2, 0.25) is 6.23 Å². The highest BCUT2D eigenvalue weighted by Crippen LogP contribution is 2.31. The van der Waals surface area contributed by atoms with Gasteiger partial charge in [-0.05, 0) is 6.42 Å². The first-order valence-electron chi connectivity index (χ1n) is 8.95. The number of aromatic nitrogens is 2. The van der Waals surface area contributed by atoms with Crippen molar-refractivity contribution in [2.24, 2.45) is 5.14 Å². The van der Waals surface area contributed by atoms with Gasteiger partial charge >= 0.3 is 10.3 Å². The zero-order chi connectivity index (χ0) is 19.2. The van der Waals surface area contributed by atoms with Crippen molar-refractivity contribution >= 4 is 27.6 Å². The standard InChI is InChI=1S/C16H29N4O4S2/c1-4-5-6-7-11-23-16-15(18-25-19-16)14-9-8-10-20(3,12-14)13(2)24-26(17,21)22/h9,13H,4-8,10-12H2,1-3H3,(H2,17,21,22)/q+1/t13-,20?/m1/s1. The summed E-state index contributed by atoms with van der Waals surface area (Å²) in [5.74, 6) is 0.561. The van der Waals surface area contributed by atoms with Crippen molar-refractivity contribution in [3.8, 4) is 5.88 Å². The Labute approximate surface area is 160 Å². The van der Waals surface area contributed by atoms with E-state index in [1.807, 2.05) is 7.05 Å². The Morgan fingerprint density at radius 1 is 1.35 bits per heavy atom. The van der Waals surface area contributed by atoms with Gasteiger partial charge in [-0.1, -0.05) is 32.3 Å². The first-order chi connectivity index (χ1) is 12.2. The van der Waals surface area contributed by atoms with Crippen molar-refractivity contribution in [3.05, 3.63) is 11.8 Å². The number of nitrogens with two attached hydrogens (primary N) is 1. The van der Waals surface area contributed by atoms with Gasteiger partial charge in [-0.3, -0.25) is 4.48 Å². The monoisotopic (exact) mass is 405 g/mol. The summed E-state index contributed by atoms with van der Waals surface area (Å²) in [5, 5.41) is 5.03. The van der Waals surface area contributed by atoms with Gasteiger partial charge in [-0.2, -0.15) is 12.8 Å². The van der Waals surface area contributed by atoms with E-state index in [0.717, 1.165) is 48.8 Å². The van der Waals surface area contributed by atoms with Crippen LogP contribution in [0.4, 0.5) is 0 Å². The zero-order valence-electron chi connectivity index (χ0n) is 15.7. The van der Waals surface area contributed by atoms with Gasteiger partial charge in [0.05, 0.1) is 31.9 Å². The summed E-state index contributed by atoms with van der Waals surface area (Å²) in [6.07, 6.45) is 6.85. The van der Waals surface area contributed by atoms with E-state index in [-0.39, 0.29) is 0 Å². The molecule has 0 aromatic carbocycles. The molecule has 0 radical (unpaired) electrons. The minimum absolute atomic E-state index is 0.399. The Kier molecular flexibility index (Phi) is 7.53. The van der Waals surface area contributed by atoms with Crippen molar-refractivity contribution in [1.29, 1.82) is 0 Å². The third-order valence-corrected chi connectivity index (χ3v) is 5.77. The maximum atomic E-state index is 11.3. The first-order valence-corrected chi connectivity index (χ1v) is 11.2. The van der Waals surface area contributed by atoms with Crippen molar-refractivity contribution in [3.63, 3.8) is 0 Å². The molecular weight excluding hydrogens is 376 g/mol. The molecule has 8 nitrogen and oxygen atoms in total. The molecule has 2 heterocycles. The third kappa shape index (κ3) is 5.98. The van der Waals surface area contributed by atoms with Crippen molar-refractivity contribution in [2.45, 2.75) is 52.2 Å². The van der Waals surface area contributed by atoms with E-state index < -0.39 is 16.5 Å². The van der Waals surface area contributed by atoms with Gasteiger partial charge in [-0.25, -0.2) is 9.32 Å². The van der Waals surface area contributed by atoms with Crippen molar-refractivity contribution in [1.82, 2.24) is 8.75 Å². The molecule has 1 unspecified atom stereocenters. The normalized spacial score (nSPS) is 22.1. The van der Waals surface area contributed by atoms with Crippen LogP contribution >= 0.6 is 11.7 Å². The van der Waals surface area contributed by atoms with E-state index >= 15 is 0 Å². The quantitative estimate of drug-likeness (QED) is 0.473. The largest absolute Gasteiger partial charge is 0.475 e. The molecule has 0 spiro atoms. The van der Waals surface area contributed by atoms with Gasteiger partial charge in [0, 0.05) is 18.9 Å². The molecule has 1 aromatic heterocycles. The fourth-order valence-corrected chi connectivity index (χ4v) is 4.14. The molecule has 0 saturated carbocycles. The van der Waals surface area contributed by atoms with Crippen LogP contribution in [0.25, 0.3) is 5.57 Å². The lowest BCUT2D eigenvalue weighted by molar-refractivity contribution is -0.943. The van der Waals surface area contributed by atoms with Crippen molar-refractivity contribution < 1.29 is 21.8 Å². The van der Waals surface area contributed by atoms with Crippen LogP contribution < -0.4 is 9.88 Å². The van der Waals surface area contributed by atoms with Crippen LogP contribution in [-0.4, -0.2) is 54.6 Å². The molecule has 2 N–H and O–H groups in total. The summed E-state index contributed by atoms with van der Waals surface area (Å²) in [6.45, 7) is 5.86. The average Bonchev–Trinajstić information content (AvgIpc) is 3.01. The minimum atomic E-state index is -4.00. The topological polar surface area (TPSA) is 104 Å². The fourth-order valence-electron chi connectivity index (χ4n) is 3.02. The summed E-state index contributed by atoms with van der Waals surface area (Å²) in [7, 11) is -2.04. The summed E-state index contributed by atoms with van der Waals surface area (Å²) in [6, 6.07) is 0. The zero-order valence-corrected chi connectivity index (χ0v) is 17.3. The second kappa shape index (κ2) is 9.23. The Morgan fingerprint density at radius 2 is 2.12 bits per heavy atom. The molecule has 0 saturated heterocycles. The second-order valence-corrected chi connectivity index (χ2v) is 8.60. The Morgan fingerprint density at radius 3 is 2.81 bits per heavy atom. The number of quaternary nitrogens is 1. The van der Waals surface area contributed by atoms with Crippen LogP contribution in [0.5, 0.6) is 5.88 Å². The van der Waals surface area contributed by atoms with Crippen LogP contribution in [0, 0.1) is 0 Å². The Bertz CT molecular complexity index is 720. The molecule has 148 valence electrons. The molecule has 1 aliphatic heterocycles. The summed E-state index contributed by atoms with van der Waals surface area (Å²) in [5.41, 5.74) is 1.75. The lowest BCUT2D eigenvalue weighted by Gasteiger charge is -2.41.